The van der Waals surface area contributed by atoms with Crippen molar-refractivity contribution >= 4 is 11.6 Å². The molecular formula is C35H60ClNO3. The third-order valence-corrected chi connectivity index (χ3v) is 13.5. The monoisotopic (exact) mass is 577 g/mol. The van der Waals surface area contributed by atoms with Crippen molar-refractivity contribution in [1.82, 2.24) is 4.90 Å². The fraction of sp³-hybridized carbons (Fsp3) is 1.00. The average molecular weight is 578 g/mol. The van der Waals surface area contributed by atoms with Gasteiger partial charge in [0.15, 0.2) is 0 Å². The molecule has 1 N–H and O–H groups in total. The summed E-state index contributed by atoms with van der Waals surface area (Å²) < 4.78 is 12.4. The summed E-state index contributed by atoms with van der Waals surface area (Å²) in [6.07, 6.45) is 24.2. The summed E-state index contributed by atoms with van der Waals surface area (Å²) in [4.78, 5) is 3.09. The fourth-order valence-electron chi connectivity index (χ4n) is 11.1. The van der Waals surface area contributed by atoms with Gasteiger partial charge in [-0.05, 0) is 133 Å². The van der Waals surface area contributed by atoms with Crippen molar-refractivity contribution in [3.63, 3.8) is 0 Å². The van der Waals surface area contributed by atoms with E-state index in [9.17, 15) is 5.11 Å². The number of fused-ring (bicyclic) bond motifs is 3. The van der Waals surface area contributed by atoms with E-state index in [1.807, 2.05) is 7.11 Å². The number of ether oxygens (including phenoxy) is 2. The third kappa shape index (κ3) is 6.33. The van der Waals surface area contributed by atoms with Gasteiger partial charge in [-0.1, -0.05) is 32.1 Å². The quantitative estimate of drug-likeness (QED) is 0.311. The molecule has 5 saturated carbocycles. The zero-order valence-corrected chi connectivity index (χ0v) is 26.7. The number of hydrogen-bond donors (Lipinski definition) is 1. The largest absolute Gasteiger partial charge is 0.390 e. The van der Waals surface area contributed by atoms with Crippen LogP contribution in [0.25, 0.3) is 0 Å². The van der Waals surface area contributed by atoms with Gasteiger partial charge >= 0.3 is 0 Å². The number of likely N-dealkylation sites (tertiary alicyclic amines) is 1. The molecule has 0 amide bonds. The van der Waals surface area contributed by atoms with E-state index in [1.54, 1.807) is 0 Å². The smallest absolute Gasteiger partial charge is 0.0742 e. The lowest BCUT2D eigenvalue weighted by Gasteiger charge is -2.51. The normalized spacial score (nSPS) is 47.0. The summed E-state index contributed by atoms with van der Waals surface area (Å²) in [7, 11) is 1.90. The van der Waals surface area contributed by atoms with Crippen molar-refractivity contribution in [3.05, 3.63) is 0 Å². The van der Waals surface area contributed by atoms with Crippen molar-refractivity contribution < 1.29 is 14.6 Å². The Morgan fingerprint density at radius 1 is 0.725 bits per heavy atom. The summed E-state index contributed by atoms with van der Waals surface area (Å²) >= 11 is 6.72. The van der Waals surface area contributed by atoms with Gasteiger partial charge < -0.3 is 14.6 Å². The molecule has 1 aliphatic heterocycles. The van der Waals surface area contributed by atoms with Crippen molar-refractivity contribution in [2.75, 3.05) is 13.7 Å². The minimum Gasteiger partial charge on any atom is -0.390 e. The average Bonchev–Trinajstić information content (AvgIpc) is 3.28. The molecule has 6 fully saturated rings. The molecule has 1 heterocycles. The molecule has 0 aromatic carbocycles. The first-order chi connectivity index (χ1) is 19.3. The highest BCUT2D eigenvalue weighted by atomic mass is 35.5. The Labute approximate surface area is 250 Å². The van der Waals surface area contributed by atoms with Crippen molar-refractivity contribution in [3.8, 4) is 0 Å². The lowest BCUT2D eigenvalue weighted by atomic mass is 9.57. The second kappa shape index (κ2) is 13.0. The molecule has 0 aromatic heterocycles. The van der Waals surface area contributed by atoms with Gasteiger partial charge in [-0.15, -0.1) is 11.6 Å². The Kier molecular flexibility index (Phi) is 9.81. The number of methoxy groups -OCH3 is 1. The topological polar surface area (TPSA) is 41.9 Å². The fourth-order valence-corrected chi connectivity index (χ4v) is 11.5. The van der Waals surface area contributed by atoms with Gasteiger partial charge in [-0.2, -0.15) is 0 Å². The number of rotatable bonds is 7. The van der Waals surface area contributed by atoms with Gasteiger partial charge in [-0.25, -0.2) is 0 Å². The van der Waals surface area contributed by atoms with Crippen LogP contribution in [0.1, 0.15) is 129 Å². The first-order valence-corrected chi connectivity index (χ1v) is 18.1. The standard InChI is InChI=1S/C35H60ClNO3/c1-35(2,38)29-21-25(40-33-14-7-5-11-30(33)36)19-20-26(29)27-10-8-13-32-34(27)28-9-4-6-12-31(28)37(32)22-23-15-17-24(39-3)18-16-23/h23-34,38H,4-22H2,1-3H3. The highest BCUT2D eigenvalue weighted by Gasteiger charge is 2.56. The Morgan fingerprint density at radius 2 is 1.40 bits per heavy atom. The zero-order chi connectivity index (χ0) is 27.9. The van der Waals surface area contributed by atoms with Gasteiger partial charge in [-0.3, -0.25) is 4.90 Å². The minimum atomic E-state index is -0.656. The first-order valence-electron chi connectivity index (χ1n) is 17.6. The Hall–Kier alpha value is 0.130. The number of hydrogen-bond acceptors (Lipinski definition) is 4. The van der Waals surface area contributed by atoms with Crippen LogP contribution in [-0.4, -0.2) is 65.0 Å². The van der Waals surface area contributed by atoms with Crippen molar-refractivity contribution in [2.45, 2.75) is 171 Å². The minimum absolute atomic E-state index is 0.170. The van der Waals surface area contributed by atoms with Crippen molar-refractivity contribution in [2.24, 2.45) is 35.5 Å². The van der Waals surface area contributed by atoms with Crippen LogP contribution in [0.2, 0.25) is 0 Å². The Balaban J connectivity index is 1.18. The van der Waals surface area contributed by atoms with E-state index in [-0.39, 0.29) is 17.6 Å². The molecular weight excluding hydrogens is 518 g/mol. The summed E-state index contributed by atoms with van der Waals surface area (Å²) in [5.41, 5.74) is -0.656. The number of halogens is 1. The molecule has 0 radical (unpaired) electrons. The third-order valence-electron chi connectivity index (χ3n) is 13.0. The molecule has 4 nitrogen and oxygen atoms in total. The first kappa shape index (κ1) is 30.2. The summed E-state index contributed by atoms with van der Waals surface area (Å²) in [5.74, 6) is 4.31. The number of nitrogens with zero attached hydrogens (tertiary/aromatic N) is 1. The predicted octanol–water partition coefficient (Wildman–Crippen LogP) is 7.97. The lowest BCUT2D eigenvalue weighted by molar-refractivity contribution is -0.120. The predicted molar refractivity (Wildman–Crippen MR) is 164 cm³/mol. The molecule has 6 rings (SSSR count). The molecule has 5 aliphatic carbocycles. The van der Waals surface area contributed by atoms with Crippen LogP contribution in [0.15, 0.2) is 0 Å². The maximum Gasteiger partial charge on any atom is 0.0742 e. The van der Waals surface area contributed by atoms with Gasteiger partial charge in [0.1, 0.15) is 0 Å². The molecule has 10 unspecified atom stereocenters. The maximum absolute atomic E-state index is 11.6. The zero-order valence-electron chi connectivity index (χ0n) is 26.0. The molecule has 0 aromatic rings. The second-order valence-electron chi connectivity index (χ2n) is 15.7. The second-order valence-corrected chi connectivity index (χ2v) is 16.2. The molecule has 0 bridgehead atoms. The van der Waals surface area contributed by atoms with E-state index in [0.29, 0.717) is 17.9 Å². The molecule has 1 saturated heterocycles. The molecule has 6 aliphatic rings. The molecule has 5 heteroatoms. The summed E-state index contributed by atoms with van der Waals surface area (Å²) in [6, 6.07) is 1.60. The van der Waals surface area contributed by atoms with E-state index in [4.69, 9.17) is 21.1 Å². The van der Waals surface area contributed by atoms with E-state index < -0.39 is 5.60 Å². The Bertz CT molecular complexity index is 809. The van der Waals surface area contributed by atoms with Crippen LogP contribution in [0.3, 0.4) is 0 Å². The van der Waals surface area contributed by atoms with E-state index in [2.05, 4.69) is 18.7 Å². The highest BCUT2D eigenvalue weighted by Crippen LogP contribution is 2.57. The molecule has 10 atom stereocenters. The van der Waals surface area contributed by atoms with E-state index in [0.717, 1.165) is 61.4 Å². The van der Waals surface area contributed by atoms with Gasteiger partial charge in [0.2, 0.25) is 0 Å². The van der Waals surface area contributed by atoms with Crippen LogP contribution in [0.5, 0.6) is 0 Å². The summed E-state index contributed by atoms with van der Waals surface area (Å²) in [5, 5.41) is 11.8. The van der Waals surface area contributed by atoms with Crippen LogP contribution >= 0.6 is 11.6 Å². The van der Waals surface area contributed by atoms with E-state index >= 15 is 0 Å². The van der Waals surface area contributed by atoms with Gasteiger partial charge in [0, 0.05) is 25.7 Å². The highest BCUT2D eigenvalue weighted by molar-refractivity contribution is 6.21. The SMILES string of the molecule is COC1CCC(CN2C3CCCCC3C3C(C4CCC(OC5CCCCC5Cl)CC4C(C)(C)O)CCCC32)CC1. The van der Waals surface area contributed by atoms with Crippen LogP contribution in [0.4, 0.5) is 0 Å². The van der Waals surface area contributed by atoms with E-state index in [1.165, 1.54) is 96.4 Å². The Morgan fingerprint density at radius 3 is 2.15 bits per heavy atom. The molecule has 0 spiro atoms. The van der Waals surface area contributed by atoms with Gasteiger partial charge in [0.25, 0.3) is 0 Å². The van der Waals surface area contributed by atoms with Crippen molar-refractivity contribution in [1.29, 1.82) is 0 Å². The maximum atomic E-state index is 11.6. The lowest BCUT2D eigenvalue weighted by Crippen LogP contribution is -2.50. The number of aliphatic hydroxyl groups is 1. The van der Waals surface area contributed by atoms with Crippen LogP contribution < -0.4 is 0 Å². The van der Waals surface area contributed by atoms with Crippen LogP contribution in [-0.2, 0) is 9.47 Å². The molecule has 40 heavy (non-hydrogen) atoms. The van der Waals surface area contributed by atoms with Crippen LogP contribution in [0, 0.1) is 35.5 Å². The molecule has 230 valence electrons. The summed E-state index contributed by atoms with van der Waals surface area (Å²) in [6.45, 7) is 5.53. The van der Waals surface area contributed by atoms with Gasteiger partial charge in [0.05, 0.1) is 29.3 Å². The number of alkyl halides is 1.